The second-order valence-corrected chi connectivity index (χ2v) is 9.61. The van der Waals surface area contributed by atoms with E-state index in [0.717, 1.165) is 13.1 Å². The van der Waals surface area contributed by atoms with Crippen LogP contribution in [0, 0.1) is 0 Å². The van der Waals surface area contributed by atoms with Crippen LogP contribution in [-0.2, 0) is 15.8 Å². The van der Waals surface area contributed by atoms with Crippen LogP contribution in [0.2, 0.25) is 10.0 Å². The van der Waals surface area contributed by atoms with Crippen LogP contribution in [0.1, 0.15) is 15.9 Å². The zero-order chi connectivity index (χ0) is 20.3. The van der Waals surface area contributed by atoms with Gasteiger partial charge in [0.05, 0.1) is 5.75 Å². The zero-order valence-electron chi connectivity index (χ0n) is 15.4. The van der Waals surface area contributed by atoms with Crippen LogP contribution in [0.3, 0.4) is 0 Å². The predicted octanol–water partition coefficient (Wildman–Crippen LogP) is 3.32. The van der Waals surface area contributed by atoms with E-state index in [4.69, 9.17) is 23.2 Å². The number of nitrogens with one attached hydrogen (secondary N) is 1. The van der Waals surface area contributed by atoms with Crippen molar-refractivity contribution in [3.63, 3.8) is 0 Å². The molecule has 1 heterocycles. The Hall–Kier alpha value is -1.64. The summed E-state index contributed by atoms with van der Waals surface area (Å²) in [6.45, 7) is 2.46. The lowest BCUT2D eigenvalue weighted by Gasteiger charge is -2.31. The second-order valence-electron chi connectivity index (χ2n) is 6.77. The summed E-state index contributed by atoms with van der Waals surface area (Å²) in [6, 6.07) is 11.3. The zero-order valence-corrected chi connectivity index (χ0v) is 17.7. The molecule has 0 saturated carbocycles. The van der Waals surface area contributed by atoms with Crippen LogP contribution in [0.25, 0.3) is 0 Å². The minimum atomic E-state index is -3.37. The van der Waals surface area contributed by atoms with Gasteiger partial charge in [0.2, 0.25) is 10.0 Å². The Labute approximate surface area is 175 Å². The van der Waals surface area contributed by atoms with Crippen molar-refractivity contribution in [3.05, 3.63) is 63.6 Å². The fourth-order valence-corrected chi connectivity index (χ4v) is 4.99. The number of amides is 1. The smallest absolute Gasteiger partial charge is 0.255 e. The first-order valence-electron chi connectivity index (χ1n) is 8.76. The van der Waals surface area contributed by atoms with Gasteiger partial charge in [0.25, 0.3) is 5.91 Å². The molecular weight excluding hydrogens is 421 g/mol. The van der Waals surface area contributed by atoms with Crippen molar-refractivity contribution in [1.29, 1.82) is 0 Å². The van der Waals surface area contributed by atoms with Gasteiger partial charge < -0.3 is 10.2 Å². The quantitative estimate of drug-likeness (QED) is 0.772. The van der Waals surface area contributed by atoms with Gasteiger partial charge in [-0.2, -0.15) is 4.31 Å². The number of rotatable bonds is 5. The number of carbonyl (C=O) groups is 1. The molecular formula is C19H21Cl2N3O3S. The summed E-state index contributed by atoms with van der Waals surface area (Å²) < 4.78 is 26.7. The Morgan fingerprint density at radius 1 is 1.00 bits per heavy atom. The van der Waals surface area contributed by atoms with Crippen LogP contribution >= 0.6 is 23.2 Å². The highest BCUT2D eigenvalue weighted by atomic mass is 35.5. The van der Waals surface area contributed by atoms with Gasteiger partial charge in [0, 0.05) is 47.5 Å². The maximum absolute atomic E-state index is 12.6. The number of benzene rings is 2. The van der Waals surface area contributed by atoms with E-state index in [0.29, 0.717) is 39.9 Å². The molecule has 1 amide bonds. The minimum absolute atomic E-state index is 0.0808. The van der Waals surface area contributed by atoms with E-state index in [1.165, 1.54) is 4.31 Å². The second kappa shape index (κ2) is 8.80. The van der Waals surface area contributed by atoms with Gasteiger partial charge in [0.1, 0.15) is 0 Å². The van der Waals surface area contributed by atoms with Crippen LogP contribution in [-0.4, -0.2) is 56.8 Å². The van der Waals surface area contributed by atoms with Gasteiger partial charge in [-0.3, -0.25) is 4.79 Å². The fraction of sp³-hybridized carbons (Fsp3) is 0.316. The standard InChI is InChI=1S/C19H21Cl2N3O3S/c1-23-6-8-24(9-7-23)28(26,27)13-14-2-4-15(5-3-14)19(25)22-18-11-16(20)10-17(21)12-18/h2-5,10-12H,6-9,13H2,1H3,(H,22,25). The molecule has 28 heavy (non-hydrogen) atoms. The van der Waals surface area contributed by atoms with Gasteiger partial charge >= 0.3 is 0 Å². The number of carbonyl (C=O) groups excluding carboxylic acids is 1. The number of halogens is 2. The van der Waals surface area contributed by atoms with E-state index in [2.05, 4.69) is 10.2 Å². The number of hydrogen-bond acceptors (Lipinski definition) is 4. The van der Waals surface area contributed by atoms with E-state index < -0.39 is 10.0 Å². The van der Waals surface area contributed by atoms with E-state index >= 15 is 0 Å². The molecule has 0 radical (unpaired) electrons. The highest BCUT2D eigenvalue weighted by Gasteiger charge is 2.25. The van der Waals surface area contributed by atoms with Gasteiger partial charge in [-0.25, -0.2) is 8.42 Å². The summed E-state index contributed by atoms with van der Waals surface area (Å²) >= 11 is 11.9. The molecule has 3 rings (SSSR count). The van der Waals surface area contributed by atoms with E-state index in [1.54, 1.807) is 42.5 Å². The summed E-state index contributed by atoms with van der Waals surface area (Å²) in [7, 11) is -1.40. The molecule has 6 nitrogen and oxygen atoms in total. The van der Waals surface area contributed by atoms with Crippen LogP contribution in [0.4, 0.5) is 5.69 Å². The molecule has 0 atom stereocenters. The van der Waals surface area contributed by atoms with Crippen LogP contribution in [0.5, 0.6) is 0 Å². The van der Waals surface area contributed by atoms with E-state index in [9.17, 15) is 13.2 Å². The average molecular weight is 442 g/mol. The Bertz CT molecular complexity index is 937. The third kappa shape index (κ3) is 5.46. The summed E-state index contributed by atoms with van der Waals surface area (Å²) in [5, 5.41) is 3.57. The van der Waals surface area contributed by atoms with Crippen molar-refractivity contribution in [3.8, 4) is 0 Å². The van der Waals surface area contributed by atoms with Crippen LogP contribution in [0.15, 0.2) is 42.5 Å². The predicted molar refractivity (Wildman–Crippen MR) is 113 cm³/mol. The van der Waals surface area contributed by atoms with Gasteiger partial charge in [-0.05, 0) is 42.9 Å². The molecule has 0 bridgehead atoms. The number of sulfonamides is 1. The fourth-order valence-electron chi connectivity index (χ4n) is 2.95. The third-order valence-electron chi connectivity index (χ3n) is 4.54. The van der Waals surface area contributed by atoms with Crippen molar-refractivity contribution >= 4 is 44.8 Å². The minimum Gasteiger partial charge on any atom is -0.322 e. The third-order valence-corrected chi connectivity index (χ3v) is 6.83. The number of nitrogens with zero attached hydrogens (tertiary/aromatic N) is 2. The van der Waals surface area contributed by atoms with Gasteiger partial charge in [-0.15, -0.1) is 0 Å². The van der Waals surface area contributed by atoms with Crippen molar-refractivity contribution in [1.82, 2.24) is 9.21 Å². The molecule has 1 aliphatic rings. The molecule has 0 spiro atoms. The van der Waals surface area contributed by atoms with Crippen molar-refractivity contribution < 1.29 is 13.2 Å². The molecule has 2 aromatic rings. The van der Waals surface area contributed by atoms with Gasteiger partial charge in [-0.1, -0.05) is 35.3 Å². The molecule has 1 aliphatic heterocycles. The first-order valence-corrected chi connectivity index (χ1v) is 11.1. The molecule has 0 aliphatic carbocycles. The first-order chi connectivity index (χ1) is 13.2. The highest BCUT2D eigenvalue weighted by Crippen LogP contribution is 2.23. The van der Waals surface area contributed by atoms with Crippen LogP contribution < -0.4 is 5.32 Å². The Morgan fingerprint density at radius 2 is 1.57 bits per heavy atom. The van der Waals surface area contributed by atoms with E-state index in [-0.39, 0.29) is 11.7 Å². The maximum Gasteiger partial charge on any atom is 0.255 e. The summed E-state index contributed by atoms with van der Waals surface area (Å²) in [4.78, 5) is 14.5. The first kappa shape index (κ1) is 21.1. The molecule has 1 fully saturated rings. The SMILES string of the molecule is CN1CCN(S(=O)(=O)Cc2ccc(C(=O)Nc3cc(Cl)cc(Cl)c3)cc2)CC1. The molecule has 1 saturated heterocycles. The molecule has 9 heteroatoms. The molecule has 0 aromatic heterocycles. The highest BCUT2D eigenvalue weighted by molar-refractivity contribution is 7.88. The molecule has 2 aromatic carbocycles. The monoisotopic (exact) mass is 441 g/mol. The molecule has 1 N–H and O–H groups in total. The summed E-state index contributed by atoms with van der Waals surface area (Å²) in [5.74, 6) is -0.408. The van der Waals surface area contributed by atoms with Crippen molar-refractivity contribution in [2.45, 2.75) is 5.75 Å². The lowest BCUT2D eigenvalue weighted by Crippen LogP contribution is -2.47. The van der Waals surface area contributed by atoms with Crippen molar-refractivity contribution in [2.24, 2.45) is 0 Å². The maximum atomic E-state index is 12.6. The van der Waals surface area contributed by atoms with Gasteiger partial charge in [0.15, 0.2) is 0 Å². The lowest BCUT2D eigenvalue weighted by molar-refractivity contribution is 0.102. The lowest BCUT2D eigenvalue weighted by atomic mass is 10.1. The molecule has 150 valence electrons. The average Bonchev–Trinajstić information content (AvgIpc) is 2.61. The summed E-state index contributed by atoms with van der Waals surface area (Å²) in [6.07, 6.45) is 0. The number of anilines is 1. The number of hydrogen-bond donors (Lipinski definition) is 1. The Balaban J connectivity index is 1.65. The normalized spacial score (nSPS) is 16.1. The largest absolute Gasteiger partial charge is 0.322 e. The Morgan fingerprint density at radius 3 is 2.14 bits per heavy atom. The summed E-state index contributed by atoms with van der Waals surface area (Å²) in [5.41, 5.74) is 1.54. The Kier molecular flexibility index (Phi) is 6.62. The van der Waals surface area contributed by atoms with E-state index in [1.807, 2.05) is 7.05 Å². The van der Waals surface area contributed by atoms with Crippen molar-refractivity contribution in [2.75, 3.05) is 38.5 Å². The topological polar surface area (TPSA) is 69.7 Å². The number of likely N-dealkylation sites (N-methyl/N-ethyl adjacent to an activating group) is 1. The molecule has 0 unspecified atom stereocenters. The number of piperazine rings is 1.